The number of amides is 1. The first-order valence-corrected chi connectivity index (χ1v) is 11.4. The van der Waals surface area contributed by atoms with Crippen LogP contribution in [-0.2, 0) is 33.7 Å². The third-order valence-corrected chi connectivity index (χ3v) is 5.89. The second-order valence-corrected chi connectivity index (χ2v) is 8.49. The van der Waals surface area contributed by atoms with Gasteiger partial charge in [0.2, 0.25) is 5.91 Å². The van der Waals surface area contributed by atoms with Crippen molar-refractivity contribution in [2.24, 2.45) is 0 Å². The summed E-state index contributed by atoms with van der Waals surface area (Å²) in [4.78, 5) is 23.8. The molecule has 0 aliphatic rings. The average molecular weight is 460 g/mol. The van der Waals surface area contributed by atoms with Crippen molar-refractivity contribution in [3.8, 4) is 11.3 Å². The Balaban J connectivity index is 1.46. The maximum absolute atomic E-state index is 12.2. The van der Waals surface area contributed by atoms with Crippen LogP contribution in [0.25, 0.3) is 22.2 Å². The number of nitrogens with zero attached hydrogens (tertiary/aromatic N) is 2. The number of nitrogens with one attached hydrogen (secondary N) is 1. The fourth-order valence-electron chi connectivity index (χ4n) is 4.19. The molecule has 176 valence electrons. The van der Waals surface area contributed by atoms with Gasteiger partial charge in [-0.3, -0.25) is 4.79 Å². The van der Waals surface area contributed by atoms with Crippen LogP contribution >= 0.6 is 0 Å². The molecule has 0 unspecified atom stereocenters. The van der Waals surface area contributed by atoms with Gasteiger partial charge in [0.1, 0.15) is 17.5 Å². The zero-order chi connectivity index (χ0) is 24.1. The Morgan fingerprint density at radius 2 is 1.91 bits per heavy atom. The minimum Gasteiger partial charge on any atom is -0.467 e. The summed E-state index contributed by atoms with van der Waals surface area (Å²) in [6.07, 6.45) is 4.05. The molecular weight excluding hydrogens is 430 g/mol. The molecule has 0 radical (unpaired) electrons. The van der Waals surface area contributed by atoms with Crippen molar-refractivity contribution in [1.82, 2.24) is 15.0 Å². The van der Waals surface area contributed by atoms with E-state index in [1.807, 2.05) is 36.4 Å². The standard InChI is InChI=1S/C27H29N3O4/c1-18-10-12-20(13-11-18)24-16-22(34-29-24)7-6-14-30-17-21(23-8-4-5-9-26(23)30)15-25(27(32)33-3)28-19(2)31/h4-5,8-13,16-17,25H,6-7,14-15H2,1-3H3,(H,28,31)/t25-/m0/s1. The molecule has 1 amide bonds. The Labute approximate surface area is 198 Å². The van der Waals surface area contributed by atoms with E-state index in [0.717, 1.165) is 52.9 Å². The van der Waals surface area contributed by atoms with Crippen molar-refractivity contribution in [3.63, 3.8) is 0 Å². The molecule has 0 saturated heterocycles. The van der Waals surface area contributed by atoms with Crippen molar-refractivity contribution < 1.29 is 18.8 Å². The van der Waals surface area contributed by atoms with Crippen LogP contribution in [0.5, 0.6) is 0 Å². The Morgan fingerprint density at radius 3 is 2.65 bits per heavy atom. The van der Waals surface area contributed by atoms with E-state index >= 15 is 0 Å². The Kier molecular flexibility index (Phi) is 7.11. The molecule has 4 rings (SSSR count). The van der Waals surface area contributed by atoms with Crippen LogP contribution in [-0.4, -0.2) is 34.8 Å². The van der Waals surface area contributed by atoms with E-state index in [9.17, 15) is 9.59 Å². The van der Waals surface area contributed by atoms with E-state index < -0.39 is 12.0 Å². The first-order chi connectivity index (χ1) is 16.4. The van der Waals surface area contributed by atoms with Crippen molar-refractivity contribution in [1.29, 1.82) is 0 Å². The number of fused-ring (bicyclic) bond motifs is 1. The van der Waals surface area contributed by atoms with Crippen LogP contribution in [0.4, 0.5) is 0 Å². The van der Waals surface area contributed by atoms with Gasteiger partial charge in [-0.25, -0.2) is 4.79 Å². The summed E-state index contributed by atoms with van der Waals surface area (Å²) in [5.41, 5.74) is 5.17. The summed E-state index contributed by atoms with van der Waals surface area (Å²) in [5.74, 6) is 0.126. The lowest BCUT2D eigenvalue weighted by atomic mass is 10.1. The molecule has 2 aromatic carbocycles. The third kappa shape index (κ3) is 5.36. The highest BCUT2D eigenvalue weighted by molar-refractivity contribution is 5.87. The van der Waals surface area contributed by atoms with Gasteiger partial charge in [-0.1, -0.05) is 53.2 Å². The second-order valence-electron chi connectivity index (χ2n) is 8.49. The SMILES string of the molecule is COC(=O)[C@H](Cc1cn(CCCc2cc(-c3ccc(C)cc3)no2)c2ccccc12)NC(C)=O. The minimum absolute atomic E-state index is 0.267. The van der Waals surface area contributed by atoms with Crippen LogP contribution < -0.4 is 5.32 Å². The van der Waals surface area contributed by atoms with E-state index in [2.05, 4.69) is 46.4 Å². The molecule has 0 bridgehead atoms. The lowest BCUT2D eigenvalue weighted by Crippen LogP contribution is -2.41. The van der Waals surface area contributed by atoms with E-state index in [0.29, 0.717) is 6.42 Å². The summed E-state index contributed by atoms with van der Waals surface area (Å²) in [7, 11) is 1.33. The number of benzene rings is 2. The van der Waals surface area contributed by atoms with Crippen LogP contribution in [0.3, 0.4) is 0 Å². The number of aryl methyl sites for hydroxylation is 3. The number of carbonyl (C=O) groups excluding carboxylic acids is 2. The molecule has 2 aromatic heterocycles. The lowest BCUT2D eigenvalue weighted by Gasteiger charge is -2.14. The molecule has 0 spiro atoms. The maximum Gasteiger partial charge on any atom is 0.328 e. The first kappa shape index (κ1) is 23.3. The highest BCUT2D eigenvalue weighted by atomic mass is 16.5. The second kappa shape index (κ2) is 10.4. The zero-order valence-corrected chi connectivity index (χ0v) is 19.7. The number of methoxy groups -OCH3 is 1. The molecule has 1 N–H and O–H groups in total. The molecule has 34 heavy (non-hydrogen) atoms. The van der Waals surface area contributed by atoms with E-state index in [1.54, 1.807) is 0 Å². The number of aromatic nitrogens is 2. The van der Waals surface area contributed by atoms with Gasteiger partial charge in [-0.15, -0.1) is 0 Å². The fraction of sp³-hybridized carbons (Fsp3) is 0.296. The van der Waals surface area contributed by atoms with Gasteiger partial charge in [0, 0.05) is 55.0 Å². The maximum atomic E-state index is 12.2. The van der Waals surface area contributed by atoms with Crippen LogP contribution in [0, 0.1) is 6.92 Å². The van der Waals surface area contributed by atoms with Crippen molar-refractivity contribution in [2.45, 2.75) is 45.7 Å². The van der Waals surface area contributed by atoms with Crippen molar-refractivity contribution >= 4 is 22.8 Å². The summed E-state index contributed by atoms with van der Waals surface area (Å²) >= 11 is 0. The zero-order valence-electron chi connectivity index (χ0n) is 19.7. The molecule has 0 aliphatic carbocycles. The average Bonchev–Trinajstić information content (AvgIpc) is 3.44. The topological polar surface area (TPSA) is 86.4 Å². The van der Waals surface area contributed by atoms with Gasteiger partial charge in [0.05, 0.1) is 7.11 Å². The number of rotatable bonds is 9. The summed E-state index contributed by atoms with van der Waals surface area (Å²) in [6.45, 7) is 4.24. The molecule has 2 heterocycles. The van der Waals surface area contributed by atoms with Crippen LogP contribution in [0.15, 0.2) is 65.3 Å². The van der Waals surface area contributed by atoms with Crippen LogP contribution in [0.2, 0.25) is 0 Å². The smallest absolute Gasteiger partial charge is 0.328 e. The number of ether oxygens (including phenoxy) is 1. The predicted molar refractivity (Wildman–Crippen MR) is 130 cm³/mol. The lowest BCUT2D eigenvalue weighted by molar-refractivity contribution is -0.144. The van der Waals surface area contributed by atoms with Gasteiger partial charge < -0.3 is 19.1 Å². The molecule has 1 atom stereocenters. The first-order valence-electron chi connectivity index (χ1n) is 11.4. The molecule has 4 aromatic rings. The molecule has 0 fully saturated rings. The third-order valence-electron chi connectivity index (χ3n) is 5.89. The quantitative estimate of drug-likeness (QED) is 0.374. The van der Waals surface area contributed by atoms with Gasteiger partial charge in [0.25, 0.3) is 0 Å². The Morgan fingerprint density at radius 1 is 1.15 bits per heavy atom. The van der Waals surface area contributed by atoms with Crippen LogP contribution in [0.1, 0.15) is 30.2 Å². The number of para-hydroxylation sites is 1. The Bertz CT molecular complexity index is 1290. The fourth-order valence-corrected chi connectivity index (χ4v) is 4.19. The minimum atomic E-state index is -0.726. The largest absolute Gasteiger partial charge is 0.467 e. The molecular formula is C27H29N3O4. The predicted octanol–water partition coefficient (Wildman–Crippen LogP) is 4.46. The van der Waals surface area contributed by atoms with E-state index in [4.69, 9.17) is 9.26 Å². The summed E-state index contributed by atoms with van der Waals surface area (Å²) < 4.78 is 12.6. The molecule has 7 heteroatoms. The highest BCUT2D eigenvalue weighted by Crippen LogP contribution is 2.24. The summed E-state index contributed by atoms with van der Waals surface area (Å²) in [5, 5.41) is 7.97. The van der Waals surface area contributed by atoms with Crippen molar-refractivity contribution in [2.75, 3.05) is 7.11 Å². The van der Waals surface area contributed by atoms with E-state index in [1.165, 1.54) is 19.6 Å². The number of hydrogen-bond donors (Lipinski definition) is 1. The van der Waals surface area contributed by atoms with Gasteiger partial charge in [0.15, 0.2) is 0 Å². The monoisotopic (exact) mass is 459 g/mol. The van der Waals surface area contributed by atoms with Gasteiger partial charge >= 0.3 is 5.97 Å². The normalized spacial score (nSPS) is 12.0. The van der Waals surface area contributed by atoms with Crippen molar-refractivity contribution in [3.05, 3.63) is 77.7 Å². The highest BCUT2D eigenvalue weighted by Gasteiger charge is 2.22. The van der Waals surface area contributed by atoms with Gasteiger partial charge in [-0.2, -0.15) is 0 Å². The number of hydrogen-bond acceptors (Lipinski definition) is 5. The van der Waals surface area contributed by atoms with E-state index in [-0.39, 0.29) is 5.91 Å². The Hall–Kier alpha value is -3.87. The molecule has 0 aliphatic heterocycles. The molecule has 0 saturated carbocycles. The molecule has 7 nitrogen and oxygen atoms in total. The number of esters is 1. The summed E-state index contributed by atoms with van der Waals surface area (Å²) in [6, 6.07) is 17.6. The number of carbonyl (C=O) groups is 2. The van der Waals surface area contributed by atoms with Gasteiger partial charge in [-0.05, 0) is 25.0 Å².